The Morgan fingerprint density at radius 3 is 2.93 bits per heavy atom. The zero-order chi connectivity index (χ0) is 10.1. The maximum atomic E-state index is 11.5. The van der Waals surface area contributed by atoms with Gasteiger partial charge in [0.25, 0.3) is 0 Å². The number of nitrogens with zero attached hydrogens (tertiary/aromatic N) is 3. The number of carbonyl (C=O) groups excluding carboxylic acids is 1. The normalized spacial score (nSPS) is 16.8. The number of carbonyl (C=O) groups is 1. The van der Waals surface area contributed by atoms with E-state index in [-0.39, 0.29) is 6.03 Å². The van der Waals surface area contributed by atoms with Crippen molar-refractivity contribution in [1.29, 1.82) is 0 Å². The third kappa shape index (κ3) is 1.65. The van der Waals surface area contributed by atoms with E-state index >= 15 is 0 Å². The van der Waals surface area contributed by atoms with E-state index in [2.05, 4.69) is 4.98 Å². The molecule has 0 atom stereocenters. The summed E-state index contributed by atoms with van der Waals surface area (Å²) in [4.78, 5) is 19.1. The Hall–Kier alpha value is -1.30. The van der Waals surface area contributed by atoms with Crippen LogP contribution in [0.15, 0.2) is 5.38 Å². The van der Waals surface area contributed by atoms with Gasteiger partial charge >= 0.3 is 6.03 Å². The van der Waals surface area contributed by atoms with Crippen LogP contribution in [-0.4, -0.2) is 41.0 Å². The number of nitrogens with two attached hydrogens (primary N) is 1. The van der Waals surface area contributed by atoms with Gasteiger partial charge in [-0.15, -0.1) is 11.3 Å². The lowest BCUT2D eigenvalue weighted by atomic mass is 10.4. The van der Waals surface area contributed by atoms with Crippen LogP contribution in [0.4, 0.5) is 9.93 Å². The molecule has 1 aliphatic heterocycles. The van der Waals surface area contributed by atoms with Gasteiger partial charge in [-0.05, 0) is 0 Å². The Balaban J connectivity index is 2.02. The molecule has 1 aliphatic rings. The quantitative estimate of drug-likeness (QED) is 0.780. The molecule has 0 bridgehead atoms. The van der Waals surface area contributed by atoms with Crippen LogP contribution in [0.3, 0.4) is 0 Å². The fourth-order valence-corrected chi connectivity index (χ4v) is 1.99. The van der Waals surface area contributed by atoms with Gasteiger partial charge in [-0.2, -0.15) is 0 Å². The molecule has 2 heterocycles. The van der Waals surface area contributed by atoms with Gasteiger partial charge < -0.3 is 15.5 Å². The van der Waals surface area contributed by atoms with E-state index in [0.29, 0.717) is 11.7 Å². The number of hydrogen-bond donors (Lipinski definition) is 1. The van der Waals surface area contributed by atoms with Crippen LogP contribution in [0.25, 0.3) is 0 Å². The van der Waals surface area contributed by atoms with Crippen molar-refractivity contribution in [3.63, 3.8) is 0 Å². The first kappa shape index (κ1) is 9.26. The van der Waals surface area contributed by atoms with Gasteiger partial charge in [-0.1, -0.05) is 0 Å². The number of likely N-dealkylation sites (N-methyl/N-ethyl adjacent to an activating group) is 1. The van der Waals surface area contributed by atoms with E-state index in [9.17, 15) is 4.79 Å². The van der Waals surface area contributed by atoms with Crippen LogP contribution < -0.4 is 5.73 Å². The van der Waals surface area contributed by atoms with Crippen LogP contribution in [0.5, 0.6) is 0 Å². The number of rotatable bonds is 2. The van der Waals surface area contributed by atoms with Crippen molar-refractivity contribution in [1.82, 2.24) is 14.8 Å². The van der Waals surface area contributed by atoms with Gasteiger partial charge in [0.15, 0.2) is 5.13 Å². The standard InChI is InChI=1S/C8H12N4OS/c1-11-2-3-12(8(11)13)4-6-5-14-7(9)10-6/h5H,2-4H2,1H3,(H2,9,10). The molecule has 2 N–H and O–H groups in total. The Kier molecular flexibility index (Phi) is 2.28. The van der Waals surface area contributed by atoms with Crippen molar-refractivity contribution >= 4 is 22.5 Å². The summed E-state index contributed by atoms with van der Waals surface area (Å²) in [6.45, 7) is 2.13. The molecule has 1 aromatic rings. The minimum atomic E-state index is 0.0663. The molecule has 2 amide bonds. The Morgan fingerprint density at radius 1 is 1.64 bits per heavy atom. The van der Waals surface area contributed by atoms with Crippen molar-refractivity contribution in [3.8, 4) is 0 Å². The highest BCUT2D eigenvalue weighted by Crippen LogP contribution is 2.15. The molecule has 5 nitrogen and oxygen atoms in total. The van der Waals surface area contributed by atoms with Crippen molar-refractivity contribution in [2.24, 2.45) is 0 Å². The summed E-state index contributed by atoms with van der Waals surface area (Å²) >= 11 is 1.40. The van der Waals surface area contributed by atoms with Gasteiger partial charge in [0, 0.05) is 25.5 Å². The van der Waals surface area contributed by atoms with Crippen LogP contribution in [0.1, 0.15) is 5.69 Å². The molecular formula is C8H12N4OS. The summed E-state index contributed by atoms with van der Waals surface area (Å²) in [5.74, 6) is 0. The smallest absolute Gasteiger partial charge is 0.320 e. The average Bonchev–Trinajstić information content (AvgIpc) is 2.67. The van der Waals surface area contributed by atoms with E-state index < -0.39 is 0 Å². The minimum Gasteiger partial charge on any atom is -0.375 e. The van der Waals surface area contributed by atoms with Crippen LogP contribution in [-0.2, 0) is 6.54 Å². The molecule has 0 aliphatic carbocycles. The van der Waals surface area contributed by atoms with E-state index in [1.807, 2.05) is 5.38 Å². The molecule has 14 heavy (non-hydrogen) atoms. The summed E-state index contributed by atoms with van der Waals surface area (Å²) in [5.41, 5.74) is 6.38. The Morgan fingerprint density at radius 2 is 2.43 bits per heavy atom. The molecule has 1 aromatic heterocycles. The second kappa shape index (κ2) is 3.45. The molecule has 2 rings (SSSR count). The highest BCUT2D eigenvalue weighted by Gasteiger charge is 2.25. The topological polar surface area (TPSA) is 62.5 Å². The summed E-state index contributed by atoms with van der Waals surface area (Å²) < 4.78 is 0. The second-order valence-electron chi connectivity index (χ2n) is 3.30. The number of thiazole rings is 1. The molecule has 6 heteroatoms. The maximum Gasteiger partial charge on any atom is 0.320 e. The fraction of sp³-hybridized carbons (Fsp3) is 0.500. The van der Waals surface area contributed by atoms with E-state index in [1.54, 1.807) is 16.8 Å². The van der Waals surface area contributed by atoms with Crippen molar-refractivity contribution < 1.29 is 4.79 Å². The molecular weight excluding hydrogens is 200 g/mol. The summed E-state index contributed by atoms with van der Waals surface area (Å²) in [6.07, 6.45) is 0. The fourth-order valence-electron chi connectivity index (χ4n) is 1.44. The predicted octanol–water partition coefficient (Wildman–Crippen LogP) is 0.593. The molecule has 0 radical (unpaired) electrons. The third-order valence-electron chi connectivity index (χ3n) is 2.22. The molecule has 0 spiro atoms. The highest BCUT2D eigenvalue weighted by atomic mass is 32.1. The first-order valence-electron chi connectivity index (χ1n) is 4.37. The molecule has 76 valence electrons. The minimum absolute atomic E-state index is 0.0663. The zero-order valence-electron chi connectivity index (χ0n) is 7.93. The SMILES string of the molecule is CN1CCN(Cc2csc(N)n2)C1=O. The summed E-state index contributed by atoms with van der Waals surface area (Å²) in [6, 6.07) is 0.0663. The lowest BCUT2D eigenvalue weighted by Crippen LogP contribution is -2.29. The number of amides is 2. The zero-order valence-corrected chi connectivity index (χ0v) is 8.75. The van der Waals surface area contributed by atoms with Crippen LogP contribution >= 0.6 is 11.3 Å². The van der Waals surface area contributed by atoms with Crippen LogP contribution in [0, 0.1) is 0 Å². The van der Waals surface area contributed by atoms with Crippen molar-refractivity contribution in [2.75, 3.05) is 25.9 Å². The predicted molar refractivity (Wildman–Crippen MR) is 55.0 cm³/mol. The molecule has 0 unspecified atom stereocenters. The first-order chi connectivity index (χ1) is 6.66. The van der Waals surface area contributed by atoms with E-state index in [4.69, 9.17) is 5.73 Å². The number of nitrogen functional groups attached to an aromatic ring is 1. The highest BCUT2D eigenvalue weighted by molar-refractivity contribution is 7.13. The summed E-state index contributed by atoms with van der Waals surface area (Å²) in [5, 5.41) is 2.45. The lowest BCUT2D eigenvalue weighted by Gasteiger charge is -2.13. The monoisotopic (exact) mass is 212 g/mol. The first-order valence-corrected chi connectivity index (χ1v) is 5.24. The molecule has 0 saturated carbocycles. The van der Waals surface area contributed by atoms with E-state index in [1.165, 1.54) is 11.3 Å². The molecule has 0 aromatic carbocycles. The lowest BCUT2D eigenvalue weighted by molar-refractivity contribution is 0.196. The van der Waals surface area contributed by atoms with E-state index in [0.717, 1.165) is 18.8 Å². The number of anilines is 1. The number of aromatic nitrogens is 1. The summed E-state index contributed by atoms with van der Waals surface area (Å²) in [7, 11) is 1.80. The van der Waals surface area contributed by atoms with Crippen molar-refractivity contribution in [3.05, 3.63) is 11.1 Å². The Bertz CT molecular complexity index is 351. The number of hydrogen-bond acceptors (Lipinski definition) is 4. The number of urea groups is 1. The van der Waals surface area contributed by atoms with Gasteiger partial charge in [0.2, 0.25) is 0 Å². The Labute approximate surface area is 86.1 Å². The van der Waals surface area contributed by atoms with Gasteiger partial charge in [-0.25, -0.2) is 9.78 Å². The van der Waals surface area contributed by atoms with Gasteiger partial charge in [0.05, 0.1) is 12.2 Å². The second-order valence-corrected chi connectivity index (χ2v) is 4.19. The van der Waals surface area contributed by atoms with Crippen LogP contribution in [0.2, 0.25) is 0 Å². The maximum absolute atomic E-state index is 11.5. The largest absolute Gasteiger partial charge is 0.375 e. The van der Waals surface area contributed by atoms with Gasteiger partial charge in [0.1, 0.15) is 0 Å². The third-order valence-corrected chi connectivity index (χ3v) is 2.95. The molecule has 1 fully saturated rings. The average molecular weight is 212 g/mol. The van der Waals surface area contributed by atoms with Gasteiger partial charge in [-0.3, -0.25) is 0 Å². The van der Waals surface area contributed by atoms with Crippen molar-refractivity contribution in [2.45, 2.75) is 6.54 Å². The molecule has 1 saturated heterocycles.